The minimum Gasteiger partial charge on any atom is -0.494 e. The van der Waals surface area contributed by atoms with Crippen molar-refractivity contribution in [2.45, 2.75) is 24.2 Å². The fourth-order valence-corrected chi connectivity index (χ4v) is 3.94. The number of carbonyl (C=O) groups excluding carboxylic acids is 2. The standard InChI is InChI=1S/C21H20ClF2N3O4S/c1-3-30-16-6-4-5-14(11-16)25-19(29)17-12-18(28)27(2)20(32-17)26-13-7-9-15(10-8-13)31-21(22,23)24/h4-11,17H,3,12H2,1-2H3,(H,25,29)/t17-/m1/s1. The van der Waals surface area contributed by atoms with Crippen LogP contribution in [0.15, 0.2) is 53.5 Å². The van der Waals surface area contributed by atoms with Gasteiger partial charge in [0.05, 0.1) is 12.3 Å². The molecule has 0 bridgehead atoms. The van der Waals surface area contributed by atoms with Gasteiger partial charge in [-0.3, -0.25) is 14.5 Å². The van der Waals surface area contributed by atoms with E-state index >= 15 is 0 Å². The molecule has 1 N–H and O–H groups in total. The van der Waals surface area contributed by atoms with Crippen LogP contribution >= 0.6 is 23.4 Å². The molecule has 2 aromatic carbocycles. The van der Waals surface area contributed by atoms with E-state index < -0.39 is 10.8 Å². The average Bonchev–Trinajstić information content (AvgIpc) is 2.72. The van der Waals surface area contributed by atoms with Crippen LogP contribution in [0.5, 0.6) is 11.5 Å². The lowest BCUT2D eigenvalue weighted by Gasteiger charge is -2.28. The Hall–Kier alpha value is -2.85. The summed E-state index contributed by atoms with van der Waals surface area (Å²) in [6.45, 7) is 2.36. The van der Waals surface area contributed by atoms with Gasteiger partial charge in [-0.05, 0) is 43.3 Å². The molecular weight excluding hydrogens is 464 g/mol. The van der Waals surface area contributed by atoms with Crippen molar-refractivity contribution in [3.63, 3.8) is 0 Å². The SMILES string of the molecule is CCOc1cccc(NC(=O)[C@H]2CC(=O)N(C)C(=Nc3ccc(OC(F)(F)Cl)cc3)S2)c1. The highest BCUT2D eigenvalue weighted by atomic mass is 35.5. The van der Waals surface area contributed by atoms with Crippen molar-refractivity contribution >= 4 is 51.7 Å². The lowest BCUT2D eigenvalue weighted by molar-refractivity contribution is -0.128. The minimum atomic E-state index is -3.82. The van der Waals surface area contributed by atoms with Gasteiger partial charge in [0.1, 0.15) is 16.7 Å². The molecule has 0 spiro atoms. The first-order valence-electron chi connectivity index (χ1n) is 9.56. The number of amides is 2. The summed E-state index contributed by atoms with van der Waals surface area (Å²) in [5.41, 5.74) is -2.87. The number of thioether (sulfide) groups is 1. The molecule has 1 aliphatic rings. The molecule has 0 aliphatic carbocycles. The largest absolute Gasteiger partial charge is 0.494 e. The number of nitrogens with zero attached hydrogens (tertiary/aromatic N) is 2. The predicted octanol–water partition coefficient (Wildman–Crippen LogP) is 4.84. The third-order valence-corrected chi connectivity index (χ3v) is 5.59. The van der Waals surface area contributed by atoms with Crippen LogP contribution in [-0.2, 0) is 9.59 Å². The highest BCUT2D eigenvalue weighted by Crippen LogP contribution is 2.31. The number of amidine groups is 1. The molecule has 7 nitrogen and oxygen atoms in total. The first-order chi connectivity index (χ1) is 15.1. The fraction of sp³-hybridized carbons (Fsp3) is 0.286. The Labute approximate surface area is 192 Å². The van der Waals surface area contributed by atoms with Gasteiger partial charge in [0.2, 0.25) is 11.8 Å². The molecule has 1 atom stereocenters. The molecule has 0 saturated carbocycles. The van der Waals surface area contributed by atoms with E-state index in [9.17, 15) is 18.4 Å². The first-order valence-corrected chi connectivity index (χ1v) is 10.8. The molecule has 11 heteroatoms. The summed E-state index contributed by atoms with van der Waals surface area (Å²) in [6, 6.07) is 12.4. The number of ether oxygens (including phenoxy) is 2. The van der Waals surface area contributed by atoms with Gasteiger partial charge in [-0.15, -0.1) is 8.78 Å². The highest BCUT2D eigenvalue weighted by molar-refractivity contribution is 8.15. The lowest BCUT2D eigenvalue weighted by Crippen LogP contribution is -2.43. The summed E-state index contributed by atoms with van der Waals surface area (Å²) in [5.74, 6) is -0.126. The Bertz CT molecular complexity index is 1010. The van der Waals surface area contributed by atoms with E-state index in [1.807, 2.05) is 6.92 Å². The number of hydrogen-bond acceptors (Lipinski definition) is 6. The quantitative estimate of drug-likeness (QED) is 0.570. The molecule has 32 heavy (non-hydrogen) atoms. The number of hydrogen-bond donors (Lipinski definition) is 1. The first kappa shape index (κ1) is 23.8. The van der Waals surface area contributed by atoms with E-state index in [0.29, 0.717) is 28.9 Å². The van der Waals surface area contributed by atoms with Gasteiger partial charge < -0.3 is 14.8 Å². The van der Waals surface area contributed by atoms with E-state index in [1.165, 1.54) is 29.2 Å². The van der Waals surface area contributed by atoms with Crippen LogP contribution in [-0.4, -0.2) is 46.4 Å². The second-order valence-electron chi connectivity index (χ2n) is 6.65. The number of rotatable bonds is 7. The molecule has 1 heterocycles. The molecular formula is C21H20ClF2N3O4S. The normalized spacial score (nSPS) is 17.9. The summed E-state index contributed by atoms with van der Waals surface area (Å²) in [7, 11) is 1.55. The molecule has 1 fully saturated rings. The zero-order valence-electron chi connectivity index (χ0n) is 17.2. The van der Waals surface area contributed by atoms with Crippen LogP contribution in [0.2, 0.25) is 0 Å². The van der Waals surface area contributed by atoms with Gasteiger partial charge in [-0.25, -0.2) is 4.99 Å². The molecule has 0 aromatic heterocycles. The summed E-state index contributed by atoms with van der Waals surface area (Å²) < 4.78 is 35.2. The van der Waals surface area contributed by atoms with E-state index in [0.717, 1.165) is 11.8 Å². The Morgan fingerprint density at radius 2 is 2.00 bits per heavy atom. The van der Waals surface area contributed by atoms with Crippen LogP contribution < -0.4 is 14.8 Å². The number of benzene rings is 2. The van der Waals surface area contributed by atoms with Crippen molar-refractivity contribution in [2.75, 3.05) is 19.0 Å². The monoisotopic (exact) mass is 483 g/mol. The maximum atomic E-state index is 12.8. The smallest absolute Gasteiger partial charge is 0.487 e. The molecule has 170 valence electrons. The van der Waals surface area contributed by atoms with Crippen molar-refractivity contribution in [3.05, 3.63) is 48.5 Å². The number of aliphatic imine (C=N–C) groups is 1. The Morgan fingerprint density at radius 1 is 1.28 bits per heavy atom. The zero-order valence-corrected chi connectivity index (χ0v) is 18.8. The minimum absolute atomic E-state index is 0.00868. The van der Waals surface area contributed by atoms with Gasteiger partial charge in [-0.1, -0.05) is 17.8 Å². The molecule has 0 radical (unpaired) electrons. The van der Waals surface area contributed by atoms with Crippen molar-refractivity contribution < 1.29 is 27.8 Å². The number of anilines is 1. The number of carbonyl (C=O) groups is 2. The van der Waals surface area contributed by atoms with Crippen LogP contribution in [0.1, 0.15) is 13.3 Å². The maximum absolute atomic E-state index is 12.8. The summed E-state index contributed by atoms with van der Waals surface area (Å²) >= 11 is 5.88. The third-order valence-electron chi connectivity index (χ3n) is 4.27. The van der Waals surface area contributed by atoms with Crippen molar-refractivity contribution in [1.29, 1.82) is 0 Å². The highest BCUT2D eigenvalue weighted by Gasteiger charge is 2.34. The summed E-state index contributed by atoms with van der Waals surface area (Å²) in [5, 5.41) is 2.41. The molecule has 2 aromatic rings. The second kappa shape index (κ2) is 10.2. The van der Waals surface area contributed by atoms with Crippen molar-refractivity contribution in [3.8, 4) is 11.5 Å². The number of halogens is 3. The van der Waals surface area contributed by atoms with Gasteiger partial charge >= 0.3 is 5.57 Å². The van der Waals surface area contributed by atoms with Gasteiger partial charge in [-0.2, -0.15) is 0 Å². The molecule has 1 aliphatic heterocycles. The number of nitrogens with one attached hydrogen (secondary N) is 1. The van der Waals surface area contributed by atoms with Gasteiger partial charge in [0.15, 0.2) is 5.17 Å². The van der Waals surface area contributed by atoms with Crippen LogP contribution in [0.4, 0.5) is 20.2 Å². The topological polar surface area (TPSA) is 80.2 Å². The average molecular weight is 484 g/mol. The summed E-state index contributed by atoms with van der Waals surface area (Å²) in [6.07, 6.45) is 0.00868. The Kier molecular flexibility index (Phi) is 7.57. The fourth-order valence-electron chi connectivity index (χ4n) is 2.78. The maximum Gasteiger partial charge on any atom is 0.487 e. The van der Waals surface area contributed by atoms with Crippen LogP contribution in [0.25, 0.3) is 0 Å². The molecule has 0 unspecified atom stereocenters. The Balaban J connectivity index is 1.72. The van der Waals surface area contributed by atoms with Gasteiger partial charge in [0, 0.05) is 36.8 Å². The second-order valence-corrected chi connectivity index (χ2v) is 8.26. The van der Waals surface area contributed by atoms with Gasteiger partial charge in [0.25, 0.3) is 0 Å². The molecule has 3 rings (SSSR count). The lowest BCUT2D eigenvalue weighted by atomic mass is 10.2. The van der Waals surface area contributed by atoms with Crippen LogP contribution in [0.3, 0.4) is 0 Å². The molecule has 2 amide bonds. The van der Waals surface area contributed by atoms with Crippen molar-refractivity contribution in [1.82, 2.24) is 4.90 Å². The predicted molar refractivity (Wildman–Crippen MR) is 120 cm³/mol. The Morgan fingerprint density at radius 3 is 2.66 bits per heavy atom. The third kappa shape index (κ3) is 6.57. The van der Waals surface area contributed by atoms with Crippen molar-refractivity contribution in [2.24, 2.45) is 4.99 Å². The molecule has 1 saturated heterocycles. The summed E-state index contributed by atoms with van der Waals surface area (Å²) in [4.78, 5) is 30.9. The van der Waals surface area contributed by atoms with E-state index in [4.69, 9.17) is 16.3 Å². The van der Waals surface area contributed by atoms with E-state index in [1.54, 1.807) is 31.3 Å². The zero-order chi connectivity index (χ0) is 23.3. The van der Waals surface area contributed by atoms with E-state index in [2.05, 4.69) is 15.0 Å². The van der Waals surface area contributed by atoms with Crippen LogP contribution in [0, 0.1) is 0 Å². The van der Waals surface area contributed by atoms with E-state index in [-0.39, 0.29) is 24.0 Å². The number of alkyl halides is 3.